The number of aliphatic hydroxyl groups excluding tert-OH is 1. The van der Waals surface area contributed by atoms with E-state index in [1.54, 1.807) is 0 Å². The summed E-state index contributed by atoms with van der Waals surface area (Å²) in [6.07, 6.45) is 4.19. The lowest BCUT2D eigenvalue weighted by Crippen LogP contribution is -2.30. The first-order valence-electron chi connectivity index (χ1n) is 7.83. The molecule has 112 valence electrons. The molecule has 1 saturated carbocycles. The van der Waals surface area contributed by atoms with Gasteiger partial charge in [0.2, 0.25) is 0 Å². The van der Waals surface area contributed by atoms with Crippen LogP contribution in [0.4, 0.5) is 0 Å². The Morgan fingerprint density at radius 2 is 2.15 bits per heavy atom. The second-order valence-electron chi connectivity index (χ2n) is 5.79. The van der Waals surface area contributed by atoms with Gasteiger partial charge in [-0.1, -0.05) is 24.6 Å². The van der Waals surface area contributed by atoms with Gasteiger partial charge in [0.1, 0.15) is 5.75 Å². The van der Waals surface area contributed by atoms with Crippen LogP contribution in [-0.4, -0.2) is 24.4 Å². The van der Waals surface area contributed by atoms with Crippen molar-refractivity contribution in [2.75, 3.05) is 13.2 Å². The summed E-state index contributed by atoms with van der Waals surface area (Å²) in [6.45, 7) is 5.85. The van der Waals surface area contributed by atoms with E-state index in [0.29, 0.717) is 12.5 Å². The number of ether oxygens (including phenoxy) is 1. The number of benzene rings is 1. The van der Waals surface area contributed by atoms with Gasteiger partial charge in [0.25, 0.3) is 0 Å². The van der Waals surface area contributed by atoms with Crippen molar-refractivity contribution in [2.45, 2.75) is 51.7 Å². The molecule has 0 bridgehead atoms. The molecule has 0 aromatic heterocycles. The Labute approximate surface area is 122 Å². The van der Waals surface area contributed by atoms with Crippen LogP contribution in [0, 0.1) is 5.92 Å². The molecule has 1 aromatic rings. The van der Waals surface area contributed by atoms with Gasteiger partial charge in [-0.2, -0.15) is 0 Å². The third-order valence-corrected chi connectivity index (χ3v) is 4.15. The fraction of sp³-hybridized carbons (Fsp3) is 0.647. The number of aliphatic hydroxyl groups is 1. The summed E-state index contributed by atoms with van der Waals surface area (Å²) < 4.78 is 5.69. The molecule has 1 aromatic carbocycles. The normalized spacial score (nSPS) is 24.4. The molecule has 2 rings (SSSR count). The molecule has 3 unspecified atom stereocenters. The van der Waals surface area contributed by atoms with E-state index in [0.717, 1.165) is 31.6 Å². The molecule has 3 atom stereocenters. The summed E-state index contributed by atoms with van der Waals surface area (Å²) >= 11 is 0. The molecule has 3 nitrogen and oxygen atoms in total. The van der Waals surface area contributed by atoms with Crippen LogP contribution >= 0.6 is 0 Å². The quantitative estimate of drug-likeness (QED) is 0.838. The van der Waals surface area contributed by atoms with Gasteiger partial charge in [0, 0.05) is 11.6 Å². The van der Waals surface area contributed by atoms with Crippen molar-refractivity contribution >= 4 is 0 Å². The maximum Gasteiger partial charge on any atom is 0.124 e. The molecule has 2 N–H and O–H groups in total. The molecule has 0 heterocycles. The molecule has 0 saturated heterocycles. The first-order valence-corrected chi connectivity index (χ1v) is 7.83. The van der Waals surface area contributed by atoms with E-state index in [9.17, 15) is 5.11 Å². The molecule has 0 aliphatic heterocycles. The van der Waals surface area contributed by atoms with Gasteiger partial charge in [0.05, 0.1) is 12.7 Å². The van der Waals surface area contributed by atoms with Crippen LogP contribution in [0.3, 0.4) is 0 Å². The second kappa shape index (κ2) is 7.65. The Hall–Kier alpha value is -1.06. The van der Waals surface area contributed by atoms with E-state index in [2.05, 4.69) is 24.4 Å². The average molecular weight is 277 g/mol. The van der Waals surface area contributed by atoms with Crippen LogP contribution < -0.4 is 10.1 Å². The third kappa shape index (κ3) is 4.22. The predicted molar refractivity (Wildman–Crippen MR) is 82.0 cm³/mol. The van der Waals surface area contributed by atoms with Gasteiger partial charge in [-0.05, 0) is 51.6 Å². The highest BCUT2D eigenvalue weighted by atomic mass is 16.5. The molecule has 0 amide bonds. The Bertz CT molecular complexity index is 408. The molecule has 1 aliphatic rings. The highest BCUT2D eigenvalue weighted by Crippen LogP contribution is 2.27. The zero-order chi connectivity index (χ0) is 14.4. The number of nitrogens with one attached hydrogen (secondary N) is 1. The third-order valence-electron chi connectivity index (χ3n) is 4.15. The van der Waals surface area contributed by atoms with E-state index in [-0.39, 0.29) is 12.1 Å². The topological polar surface area (TPSA) is 41.5 Å². The van der Waals surface area contributed by atoms with Crippen molar-refractivity contribution in [1.29, 1.82) is 0 Å². The van der Waals surface area contributed by atoms with Gasteiger partial charge >= 0.3 is 0 Å². The van der Waals surface area contributed by atoms with E-state index >= 15 is 0 Å². The van der Waals surface area contributed by atoms with Crippen LogP contribution in [-0.2, 0) is 0 Å². The summed E-state index contributed by atoms with van der Waals surface area (Å²) in [7, 11) is 0. The molecule has 3 heteroatoms. The molecular weight excluding hydrogens is 250 g/mol. The predicted octanol–water partition coefficient (Wildman–Crippen LogP) is 3.29. The minimum Gasteiger partial charge on any atom is -0.494 e. The van der Waals surface area contributed by atoms with Crippen molar-refractivity contribution in [1.82, 2.24) is 5.32 Å². The van der Waals surface area contributed by atoms with Crippen molar-refractivity contribution in [3.8, 4) is 5.75 Å². The Kier molecular flexibility index (Phi) is 5.86. The summed E-state index contributed by atoms with van der Waals surface area (Å²) in [4.78, 5) is 0. The number of para-hydroxylation sites is 1. The summed E-state index contributed by atoms with van der Waals surface area (Å²) in [5, 5.41) is 13.3. The SMILES string of the molecule is CCOc1ccccc1C(C)NCC1CCCC(O)C1. The van der Waals surface area contributed by atoms with E-state index < -0.39 is 0 Å². The monoisotopic (exact) mass is 277 g/mol. The molecule has 0 radical (unpaired) electrons. The largest absolute Gasteiger partial charge is 0.494 e. The van der Waals surface area contributed by atoms with E-state index in [1.807, 2.05) is 19.1 Å². The van der Waals surface area contributed by atoms with Crippen molar-refractivity contribution in [3.63, 3.8) is 0 Å². The Morgan fingerprint density at radius 1 is 1.35 bits per heavy atom. The fourth-order valence-corrected chi connectivity index (χ4v) is 3.03. The number of rotatable bonds is 6. The minimum atomic E-state index is -0.0958. The summed E-state index contributed by atoms with van der Waals surface area (Å²) in [5.74, 6) is 1.57. The van der Waals surface area contributed by atoms with Crippen LogP contribution in [0.1, 0.15) is 51.1 Å². The Balaban J connectivity index is 1.89. The zero-order valence-electron chi connectivity index (χ0n) is 12.6. The molecule has 1 aliphatic carbocycles. The molecule has 0 spiro atoms. The van der Waals surface area contributed by atoms with Gasteiger partial charge < -0.3 is 15.2 Å². The highest BCUT2D eigenvalue weighted by Gasteiger charge is 2.21. The zero-order valence-corrected chi connectivity index (χ0v) is 12.6. The van der Waals surface area contributed by atoms with Gasteiger partial charge in [0.15, 0.2) is 0 Å². The first kappa shape index (κ1) is 15.3. The lowest BCUT2D eigenvalue weighted by Gasteiger charge is -2.27. The lowest BCUT2D eigenvalue weighted by molar-refractivity contribution is 0.0997. The van der Waals surface area contributed by atoms with Crippen LogP contribution in [0.15, 0.2) is 24.3 Å². The van der Waals surface area contributed by atoms with Crippen molar-refractivity contribution in [2.24, 2.45) is 5.92 Å². The molecule has 1 fully saturated rings. The second-order valence-corrected chi connectivity index (χ2v) is 5.79. The van der Waals surface area contributed by atoms with Gasteiger partial charge in [-0.25, -0.2) is 0 Å². The maximum atomic E-state index is 9.73. The minimum absolute atomic E-state index is 0.0958. The van der Waals surface area contributed by atoms with E-state index in [4.69, 9.17) is 4.74 Å². The lowest BCUT2D eigenvalue weighted by atomic mass is 9.87. The van der Waals surface area contributed by atoms with Gasteiger partial charge in [-0.15, -0.1) is 0 Å². The number of hydrogen-bond donors (Lipinski definition) is 2. The van der Waals surface area contributed by atoms with Crippen molar-refractivity contribution in [3.05, 3.63) is 29.8 Å². The first-order chi connectivity index (χ1) is 9.70. The molecular formula is C17H27NO2. The van der Waals surface area contributed by atoms with Crippen LogP contribution in [0.5, 0.6) is 5.75 Å². The van der Waals surface area contributed by atoms with E-state index in [1.165, 1.54) is 12.0 Å². The van der Waals surface area contributed by atoms with Crippen LogP contribution in [0.2, 0.25) is 0 Å². The number of hydrogen-bond acceptors (Lipinski definition) is 3. The van der Waals surface area contributed by atoms with Gasteiger partial charge in [-0.3, -0.25) is 0 Å². The Morgan fingerprint density at radius 3 is 2.90 bits per heavy atom. The summed E-state index contributed by atoms with van der Waals surface area (Å²) in [6, 6.07) is 8.50. The smallest absolute Gasteiger partial charge is 0.124 e. The van der Waals surface area contributed by atoms with Crippen molar-refractivity contribution < 1.29 is 9.84 Å². The average Bonchev–Trinajstić information content (AvgIpc) is 2.46. The van der Waals surface area contributed by atoms with Crippen LogP contribution in [0.25, 0.3) is 0 Å². The molecule has 20 heavy (non-hydrogen) atoms. The highest BCUT2D eigenvalue weighted by molar-refractivity contribution is 5.35. The maximum absolute atomic E-state index is 9.73. The summed E-state index contributed by atoms with van der Waals surface area (Å²) in [5.41, 5.74) is 1.21. The fourth-order valence-electron chi connectivity index (χ4n) is 3.03. The standard InChI is InChI=1S/C17H27NO2/c1-3-20-17-10-5-4-9-16(17)13(2)18-12-14-7-6-8-15(19)11-14/h4-5,9-10,13-15,18-19H,3,6-8,11-12H2,1-2H3.